The van der Waals surface area contributed by atoms with Crippen molar-refractivity contribution in [3.63, 3.8) is 0 Å². The summed E-state index contributed by atoms with van der Waals surface area (Å²) in [5.41, 5.74) is 1.70. The molecule has 6 nitrogen and oxygen atoms in total. The fourth-order valence-electron chi connectivity index (χ4n) is 2.33. The molecule has 0 radical (unpaired) electrons. The Hall–Kier alpha value is -1.69. The topological polar surface area (TPSA) is 70.4 Å². The number of aryl methyl sites for hydroxylation is 1. The zero-order valence-electron chi connectivity index (χ0n) is 11.9. The maximum Gasteiger partial charge on any atom is 0.306 e. The van der Waals surface area contributed by atoms with Crippen molar-refractivity contribution in [2.75, 3.05) is 13.2 Å². The summed E-state index contributed by atoms with van der Waals surface area (Å²) in [7, 11) is 0. The minimum Gasteiger partial charge on any atom is -0.466 e. The van der Waals surface area contributed by atoms with Crippen LogP contribution in [0.25, 0.3) is 0 Å². The predicted molar refractivity (Wildman–Crippen MR) is 71.7 cm³/mol. The number of ether oxygens (including phenoxy) is 2. The van der Waals surface area contributed by atoms with Crippen molar-refractivity contribution in [2.45, 2.75) is 45.8 Å². The summed E-state index contributed by atoms with van der Waals surface area (Å²) in [6.07, 6.45) is 2.71. The molecule has 20 heavy (non-hydrogen) atoms. The Kier molecular flexibility index (Phi) is 4.89. The lowest BCUT2D eigenvalue weighted by atomic mass is 10.1. The number of nitrogens with zero attached hydrogens (tertiary/aromatic N) is 2. The third-order valence-electron chi connectivity index (χ3n) is 3.46. The summed E-state index contributed by atoms with van der Waals surface area (Å²) >= 11 is 0. The molecule has 1 fully saturated rings. The largest absolute Gasteiger partial charge is 0.466 e. The molecule has 6 heteroatoms. The number of carbonyl (C=O) groups is 2. The Morgan fingerprint density at radius 3 is 2.90 bits per heavy atom. The van der Waals surface area contributed by atoms with Crippen LogP contribution >= 0.6 is 0 Å². The quantitative estimate of drug-likeness (QED) is 0.556. The van der Waals surface area contributed by atoms with Gasteiger partial charge >= 0.3 is 5.97 Å². The number of esters is 1. The van der Waals surface area contributed by atoms with Gasteiger partial charge in [-0.05, 0) is 26.7 Å². The summed E-state index contributed by atoms with van der Waals surface area (Å²) in [6, 6.07) is 0. The normalized spacial score (nSPS) is 17.6. The van der Waals surface area contributed by atoms with E-state index in [-0.39, 0.29) is 12.1 Å². The molecule has 2 heterocycles. The minimum atomic E-state index is -0.229. The van der Waals surface area contributed by atoms with Crippen molar-refractivity contribution in [3.8, 4) is 0 Å². The molecule has 1 saturated heterocycles. The average molecular weight is 280 g/mol. The van der Waals surface area contributed by atoms with Gasteiger partial charge in [-0.1, -0.05) is 0 Å². The summed E-state index contributed by atoms with van der Waals surface area (Å²) in [5, 5.41) is 0. The maximum absolute atomic E-state index is 11.5. The maximum atomic E-state index is 11.5. The zero-order valence-corrected chi connectivity index (χ0v) is 11.9. The summed E-state index contributed by atoms with van der Waals surface area (Å²) in [5.74, 6) is 0.170. The van der Waals surface area contributed by atoms with Gasteiger partial charge in [-0.3, -0.25) is 9.59 Å². The van der Waals surface area contributed by atoms with Gasteiger partial charge in [0, 0.05) is 12.3 Å². The molecule has 1 atom stereocenters. The first-order chi connectivity index (χ1) is 9.65. The van der Waals surface area contributed by atoms with Gasteiger partial charge in [0.15, 0.2) is 12.1 Å². The number of aldehydes is 1. The Morgan fingerprint density at radius 1 is 1.60 bits per heavy atom. The van der Waals surface area contributed by atoms with E-state index in [1.165, 1.54) is 0 Å². The summed E-state index contributed by atoms with van der Waals surface area (Å²) < 4.78 is 12.2. The van der Waals surface area contributed by atoms with Gasteiger partial charge in [0.2, 0.25) is 0 Å². The molecule has 0 aromatic carbocycles. The number of carbonyl (C=O) groups excluding carboxylic acids is 2. The van der Waals surface area contributed by atoms with E-state index in [0.717, 1.165) is 30.7 Å². The lowest BCUT2D eigenvalue weighted by molar-refractivity contribution is -0.143. The van der Waals surface area contributed by atoms with Crippen molar-refractivity contribution in [3.05, 3.63) is 17.2 Å². The highest BCUT2D eigenvalue weighted by Gasteiger charge is 2.23. The molecule has 0 N–H and O–H groups in total. The number of aromatic nitrogens is 2. The van der Waals surface area contributed by atoms with Crippen molar-refractivity contribution in [1.82, 2.24) is 9.55 Å². The molecule has 1 aliphatic rings. The van der Waals surface area contributed by atoms with Gasteiger partial charge in [-0.25, -0.2) is 4.98 Å². The molecule has 110 valence electrons. The van der Waals surface area contributed by atoms with Crippen molar-refractivity contribution < 1.29 is 19.1 Å². The number of hydrogen-bond acceptors (Lipinski definition) is 5. The monoisotopic (exact) mass is 280 g/mol. The Morgan fingerprint density at radius 2 is 2.35 bits per heavy atom. The molecule has 1 aliphatic heterocycles. The molecule has 0 amide bonds. The highest BCUT2D eigenvalue weighted by Crippen LogP contribution is 2.19. The van der Waals surface area contributed by atoms with E-state index < -0.39 is 0 Å². The first-order valence-corrected chi connectivity index (χ1v) is 6.94. The van der Waals surface area contributed by atoms with Crippen LogP contribution in [0.3, 0.4) is 0 Å². The molecule has 0 aliphatic carbocycles. The van der Waals surface area contributed by atoms with Crippen molar-refractivity contribution in [1.29, 1.82) is 0 Å². The lowest BCUT2D eigenvalue weighted by Gasteiger charge is -2.27. The van der Waals surface area contributed by atoms with Crippen molar-refractivity contribution in [2.24, 2.45) is 0 Å². The van der Waals surface area contributed by atoms with E-state index in [1.807, 2.05) is 11.5 Å². The van der Waals surface area contributed by atoms with Crippen LogP contribution in [0.2, 0.25) is 0 Å². The molecule has 1 aromatic rings. The van der Waals surface area contributed by atoms with Crippen molar-refractivity contribution >= 4 is 12.3 Å². The third-order valence-corrected chi connectivity index (χ3v) is 3.46. The fraction of sp³-hybridized carbons (Fsp3) is 0.643. The van der Waals surface area contributed by atoms with Crippen LogP contribution in [0.4, 0.5) is 0 Å². The molecule has 0 saturated carbocycles. The second-order valence-electron chi connectivity index (χ2n) is 4.82. The second-order valence-corrected chi connectivity index (χ2v) is 4.82. The smallest absolute Gasteiger partial charge is 0.306 e. The van der Waals surface area contributed by atoms with Crippen LogP contribution in [0, 0.1) is 6.92 Å². The first kappa shape index (κ1) is 14.7. The second kappa shape index (κ2) is 6.65. The molecule has 0 bridgehead atoms. The molecule has 2 rings (SSSR count). The standard InChI is InChI=1S/C14H20N2O4/c1-3-19-14(18)5-4-12-10(2)15-13(9-17)16(12)8-11-6-7-20-11/h9,11H,3-8H2,1-2H3/t11-/m0/s1. The molecule has 0 spiro atoms. The minimum absolute atomic E-state index is 0.142. The summed E-state index contributed by atoms with van der Waals surface area (Å²) in [6.45, 7) is 5.41. The van der Waals surface area contributed by atoms with E-state index >= 15 is 0 Å². The van der Waals surface area contributed by atoms with Gasteiger partial charge < -0.3 is 14.0 Å². The average Bonchev–Trinajstić information content (AvgIpc) is 2.67. The number of rotatable bonds is 7. The number of hydrogen-bond donors (Lipinski definition) is 0. The predicted octanol–water partition coefficient (Wildman–Crippen LogP) is 1.29. The highest BCUT2D eigenvalue weighted by molar-refractivity contribution is 5.71. The Balaban J connectivity index is 2.10. The van der Waals surface area contributed by atoms with E-state index in [2.05, 4.69) is 4.98 Å². The van der Waals surface area contributed by atoms with E-state index in [1.54, 1.807) is 6.92 Å². The van der Waals surface area contributed by atoms with Crippen LogP contribution in [0.5, 0.6) is 0 Å². The number of imidazole rings is 1. The molecule has 1 aromatic heterocycles. The van der Waals surface area contributed by atoms with Crippen LogP contribution in [0.1, 0.15) is 41.8 Å². The molecular weight excluding hydrogens is 260 g/mol. The van der Waals surface area contributed by atoms with E-state index in [0.29, 0.717) is 31.8 Å². The zero-order chi connectivity index (χ0) is 14.5. The molecule has 0 unspecified atom stereocenters. The lowest BCUT2D eigenvalue weighted by Crippen LogP contribution is -2.32. The van der Waals surface area contributed by atoms with E-state index in [4.69, 9.17) is 9.47 Å². The van der Waals surface area contributed by atoms with Gasteiger partial charge in [0.1, 0.15) is 0 Å². The van der Waals surface area contributed by atoms with Gasteiger partial charge in [0.05, 0.1) is 31.4 Å². The van der Waals surface area contributed by atoms with Crippen LogP contribution < -0.4 is 0 Å². The van der Waals surface area contributed by atoms with Crippen LogP contribution in [0.15, 0.2) is 0 Å². The first-order valence-electron chi connectivity index (χ1n) is 6.94. The SMILES string of the molecule is CCOC(=O)CCc1c(C)nc(C=O)n1C[C@@H]1CCO1. The van der Waals surface area contributed by atoms with Gasteiger partial charge in [-0.2, -0.15) is 0 Å². The summed E-state index contributed by atoms with van der Waals surface area (Å²) in [4.78, 5) is 26.8. The highest BCUT2D eigenvalue weighted by atomic mass is 16.5. The fourth-order valence-corrected chi connectivity index (χ4v) is 2.33. The third kappa shape index (κ3) is 3.25. The van der Waals surface area contributed by atoms with Crippen LogP contribution in [-0.4, -0.2) is 41.1 Å². The Labute approximate surface area is 118 Å². The molecular formula is C14H20N2O4. The van der Waals surface area contributed by atoms with Crippen LogP contribution in [-0.2, 0) is 27.2 Å². The van der Waals surface area contributed by atoms with E-state index in [9.17, 15) is 9.59 Å². The Bertz CT molecular complexity index is 492. The van der Waals surface area contributed by atoms with Gasteiger partial charge in [-0.15, -0.1) is 0 Å². The van der Waals surface area contributed by atoms with Gasteiger partial charge in [0.25, 0.3) is 0 Å².